The van der Waals surface area contributed by atoms with E-state index < -0.39 is 0 Å². The summed E-state index contributed by atoms with van der Waals surface area (Å²) in [7, 11) is 0. The molecule has 2 rings (SSSR count). The average Bonchev–Trinajstić information content (AvgIpc) is 2.52. The SMILES string of the molecule is CCCCC(=O)OCC1CN(Cc2ccccc2)CCO1. The largest absolute Gasteiger partial charge is 0.463 e. The van der Waals surface area contributed by atoms with Crippen molar-refractivity contribution < 1.29 is 14.3 Å². The monoisotopic (exact) mass is 291 g/mol. The predicted octanol–water partition coefficient (Wildman–Crippen LogP) is 2.62. The van der Waals surface area contributed by atoms with Crippen LogP contribution in [0.3, 0.4) is 0 Å². The first-order chi connectivity index (χ1) is 10.3. The second-order valence-corrected chi connectivity index (χ2v) is 5.50. The van der Waals surface area contributed by atoms with Gasteiger partial charge in [0.1, 0.15) is 12.7 Å². The van der Waals surface area contributed by atoms with Crippen molar-refractivity contribution in [3.63, 3.8) is 0 Å². The molecule has 21 heavy (non-hydrogen) atoms. The summed E-state index contributed by atoms with van der Waals surface area (Å²) in [6.45, 7) is 5.80. The van der Waals surface area contributed by atoms with Crippen LogP contribution in [0.25, 0.3) is 0 Å². The zero-order valence-electron chi connectivity index (χ0n) is 12.8. The van der Waals surface area contributed by atoms with Crippen LogP contribution in [0.5, 0.6) is 0 Å². The topological polar surface area (TPSA) is 38.8 Å². The van der Waals surface area contributed by atoms with Crippen molar-refractivity contribution in [3.05, 3.63) is 35.9 Å². The van der Waals surface area contributed by atoms with E-state index in [-0.39, 0.29) is 12.1 Å². The number of unbranched alkanes of at least 4 members (excludes halogenated alkanes) is 1. The maximum Gasteiger partial charge on any atom is 0.305 e. The Morgan fingerprint density at radius 3 is 2.95 bits per heavy atom. The number of benzene rings is 1. The molecular formula is C17H25NO3. The standard InChI is InChI=1S/C17H25NO3/c1-2-3-9-17(19)21-14-16-13-18(10-11-20-16)12-15-7-5-4-6-8-15/h4-8,16H,2-3,9-14H2,1H3. The molecule has 4 nitrogen and oxygen atoms in total. The van der Waals surface area contributed by atoms with E-state index in [9.17, 15) is 4.79 Å². The minimum atomic E-state index is -0.111. The number of carbonyl (C=O) groups is 1. The summed E-state index contributed by atoms with van der Waals surface area (Å²) < 4.78 is 11.0. The molecule has 4 heteroatoms. The lowest BCUT2D eigenvalue weighted by Crippen LogP contribution is -2.44. The van der Waals surface area contributed by atoms with Gasteiger partial charge in [-0.05, 0) is 12.0 Å². The van der Waals surface area contributed by atoms with Gasteiger partial charge in [0.05, 0.1) is 6.61 Å². The molecule has 1 fully saturated rings. The van der Waals surface area contributed by atoms with E-state index in [1.807, 2.05) is 6.07 Å². The van der Waals surface area contributed by atoms with Crippen LogP contribution in [0.1, 0.15) is 31.7 Å². The number of esters is 1. The van der Waals surface area contributed by atoms with Crippen LogP contribution < -0.4 is 0 Å². The summed E-state index contributed by atoms with van der Waals surface area (Å²) in [5.74, 6) is -0.111. The van der Waals surface area contributed by atoms with Gasteiger partial charge in [-0.15, -0.1) is 0 Å². The Bertz CT molecular complexity index is 421. The highest BCUT2D eigenvalue weighted by molar-refractivity contribution is 5.69. The Morgan fingerprint density at radius 1 is 1.38 bits per heavy atom. The fraction of sp³-hybridized carbons (Fsp3) is 0.588. The lowest BCUT2D eigenvalue weighted by Gasteiger charge is -2.32. The predicted molar refractivity (Wildman–Crippen MR) is 81.9 cm³/mol. The van der Waals surface area contributed by atoms with Gasteiger partial charge in [-0.3, -0.25) is 9.69 Å². The van der Waals surface area contributed by atoms with Crippen molar-refractivity contribution in [2.75, 3.05) is 26.3 Å². The van der Waals surface area contributed by atoms with Crippen molar-refractivity contribution in [3.8, 4) is 0 Å². The highest BCUT2D eigenvalue weighted by Crippen LogP contribution is 2.11. The van der Waals surface area contributed by atoms with Gasteiger partial charge in [0.2, 0.25) is 0 Å². The molecule has 116 valence electrons. The summed E-state index contributed by atoms with van der Waals surface area (Å²) >= 11 is 0. The van der Waals surface area contributed by atoms with Crippen molar-refractivity contribution in [2.24, 2.45) is 0 Å². The molecule has 0 N–H and O–H groups in total. The second-order valence-electron chi connectivity index (χ2n) is 5.50. The third-order valence-corrected chi connectivity index (χ3v) is 3.64. The number of ether oxygens (including phenoxy) is 2. The molecule has 0 saturated carbocycles. The van der Waals surface area contributed by atoms with Crippen molar-refractivity contribution in [2.45, 2.75) is 38.8 Å². The molecule has 0 aromatic heterocycles. The summed E-state index contributed by atoms with van der Waals surface area (Å²) in [6, 6.07) is 10.4. The van der Waals surface area contributed by atoms with E-state index in [0.29, 0.717) is 19.6 Å². The summed E-state index contributed by atoms with van der Waals surface area (Å²) in [5.41, 5.74) is 1.30. The lowest BCUT2D eigenvalue weighted by atomic mass is 10.2. The normalized spacial score (nSPS) is 19.4. The Labute approximate surface area is 127 Å². The molecule has 1 atom stereocenters. The van der Waals surface area contributed by atoms with Gasteiger partial charge in [-0.1, -0.05) is 43.7 Å². The molecule has 1 saturated heterocycles. The Hall–Kier alpha value is -1.39. The van der Waals surface area contributed by atoms with E-state index in [1.54, 1.807) is 0 Å². The molecule has 1 heterocycles. The first-order valence-electron chi connectivity index (χ1n) is 7.81. The number of nitrogens with zero attached hydrogens (tertiary/aromatic N) is 1. The average molecular weight is 291 g/mol. The van der Waals surface area contributed by atoms with Crippen molar-refractivity contribution >= 4 is 5.97 Å². The highest BCUT2D eigenvalue weighted by Gasteiger charge is 2.21. The fourth-order valence-electron chi connectivity index (χ4n) is 2.45. The summed E-state index contributed by atoms with van der Waals surface area (Å²) in [6.07, 6.45) is 2.41. The molecule has 0 spiro atoms. The first-order valence-corrected chi connectivity index (χ1v) is 7.81. The molecule has 0 bridgehead atoms. The number of carbonyl (C=O) groups excluding carboxylic acids is 1. The van der Waals surface area contributed by atoms with Gasteiger partial charge in [0.25, 0.3) is 0 Å². The van der Waals surface area contributed by atoms with Gasteiger partial charge in [-0.25, -0.2) is 0 Å². The lowest BCUT2D eigenvalue weighted by molar-refractivity contribution is -0.150. The molecule has 1 aliphatic heterocycles. The smallest absolute Gasteiger partial charge is 0.305 e. The molecule has 0 radical (unpaired) electrons. The maximum absolute atomic E-state index is 11.5. The van der Waals surface area contributed by atoms with E-state index in [4.69, 9.17) is 9.47 Å². The zero-order valence-corrected chi connectivity index (χ0v) is 12.8. The van der Waals surface area contributed by atoms with Gasteiger partial charge in [-0.2, -0.15) is 0 Å². The fourth-order valence-corrected chi connectivity index (χ4v) is 2.45. The number of rotatable bonds is 7. The molecule has 0 aliphatic carbocycles. The van der Waals surface area contributed by atoms with Crippen LogP contribution >= 0.6 is 0 Å². The Morgan fingerprint density at radius 2 is 2.19 bits per heavy atom. The maximum atomic E-state index is 11.5. The third kappa shape index (κ3) is 5.86. The first kappa shape index (κ1) is 16.0. The molecule has 1 aliphatic rings. The van der Waals surface area contributed by atoms with Crippen LogP contribution in [0.15, 0.2) is 30.3 Å². The minimum Gasteiger partial charge on any atom is -0.463 e. The van der Waals surface area contributed by atoms with E-state index in [0.717, 1.165) is 32.5 Å². The molecule has 1 aromatic rings. The van der Waals surface area contributed by atoms with E-state index in [1.165, 1.54) is 5.56 Å². The quantitative estimate of drug-likeness (QED) is 0.724. The Kier molecular flexibility index (Phi) is 6.70. The number of hydrogen-bond donors (Lipinski definition) is 0. The van der Waals surface area contributed by atoms with E-state index in [2.05, 4.69) is 36.1 Å². The minimum absolute atomic E-state index is 0.00645. The van der Waals surface area contributed by atoms with E-state index >= 15 is 0 Å². The highest BCUT2D eigenvalue weighted by atomic mass is 16.6. The van der Waals surface area contributed by atoms with Crippen LogP contribution in [0, 0.1) is 0 Å². The van der Waals surface area contributed by atoms with Gasteiger partial charge in [0.15, 0.2) is 0 Å². The summed E-state index contributed by atoms with van der Waals surface area (Å²) in [4.78, 5) is 13.9. The van der Waals surface area contributed by atoms with Crippen molar-refractivity contribution in [1.82, 2.24) is 4.90 Å². The molecule has 1 aromatic carbocycles. The van der Waals surface area contributed by atoms with Crippen molar-refractivity contribution in [1.29, 1.82) is 0 Å². The van der Waals surface area contributed by atoms with Gasteiger partial charge in [0, 0.05) is 26.1 Å². The molecule has 1 unspecified atom stereocenters. The van der Waals surface area contributed by atoms with Crippen LogP contribution in [0.2, 0.25) is 0 Å². The molecular weight excluding hydrogens is 266 g/mol. The van der Waals surface area contributed by atoms with Crippen LogP contribution in [0.4, 0.5) is 0 Å². The second kappa shape index (κ2) is 8.80. The molecule has 0 amide bonds. The van der Waals surface area contributed by atoms with Crippen LogP contribution in [-0.4, -0.2) is 43.3 Å². The Balaban J connectivity index is 1.72. The summed E-state index contributed by atoms with van der Waals surface area (Å²) in [5, 5.41) is 0. The van der Waals surface area contributed by atoms with Gasteiger partial charge >= 0.3 is 5.97 Å². The number of hydrogen-bond acceptors (Lipinski definition) is 4. The third-order valence-electron chi connectivity index (χ3n) is 3.64. The van der Waals surface area contributed by atoms with Crippen LogP contribution in [-0.2, 0) is 20.8 Å². The zero-order chi connectivity index (χ0) is 14.9. The van der Waals surface area contributed by atoms with Gasteiger partial charge < -0.3 is 9.47 Å². The number of morpholine rings is 1.